The molecule has 1 amide bonds. The fourth-order valence-electron chi connectivity index (χ4n) is 2.29. The molecule has 30 heavy (non-hydrogen) atoms. The van der Waals surface area contributed by atoms with Crippen molar-refractivity contribution in [2.24, 2.45) is 0 Å². The lowest BCUT2D eigenvalue weighted by atomic mass is 10.2. The fraction of sp³-hybridized carbons (Fsp3) is 0.308. The monoisotopic (exact) mass is 407 g/mol. The lowest BCUT2D eigenvalue weighted by Crippen LogP contribution is -2.23. The van der Waals surface area contributed by atoms with Gasteiger partial charge in [0.15, 0.2) is 0 Å². The molecule has 1 fully saturated rings. The van der Waals surface area contributed by atoms with Crippen molar-refractivity contribution >= 4 is 18.1 Å². The predicted molar refractivity (Wildman–Crippen MR) is 131 cm³/mol. The second-order valence-electron chi connectivity index (χ2n) is 7.02. The number of aromatic nitrogens is 1. The standard InChI is InChI=1S/C8H13NO.C8H8.C7H7N.C3H9N/c1-2-9-7-5-3-4-6-8(9)10;1-2-8-6-4-3-5-7-8;1-2-7-3-5-8-6-4-7;1-4(2)3/h2H,1,3-7H2;2-7H,1H2;2-6H,1H2;1-3H3. The van der Waals surface area contributed by atoms with E-state index in [-0.39, 0.29) is 5.91 Å². The van der Waals surface area contributed by atoms with Gasteiger partial charge in [-0.3, -0.25) is 9.78 Å². The Kier molecular flexibility index (Phi) is 16.3. The van der Waals surface area contributed by atoms with Gasteiger partial charge in [0, 0.05) is 25.4 Å². The Labute approximate surface area is 183 Å². The molecule has 4 heteroatoms. The van der Waals surface area contributed by atoms with Crippen LogP contribution in [0.1, 0.15) is 36.8 Å². The second kappa shape index (κ2) is 18.1. The molecule has 2 aromatic rings. The van der Waals surface area contributed by atoms with Crippen molar-refractivity contribution in [3.8, 4) is 0 Å². The third kappa shape index (κ3) is 15.0. The Balaban J connectivity index is 0.000000389. The van der Waals surface area contributed by atoms with Gasteiger partial charge in [-0.25, -0.2) is 0 Å². The molecule has 3 rings (SSSR count). The Morgan fingerprint density at radius 3 is 1.83 bits per heavy atom. The lowest BCUT2D eigenvalue weighted by molar-refractivity contribution is -0.128. The molecule has 0 unspecified atom stereocenters. The highest BCUT2D eigenvalue weighted by molar-refractivity contribution is 5.77. The number of nitrogens with zero attached hydrogens (tertiary/aromatic N) is 3. The molecule has 0 radical (unpaired) electrons. The van der Waals surface area contributed by atoms with Crippen LogP contribution in [0, 0.1) is 0 Å². The van der Waals surface area contributed by atoms with Crippen molar-refractivity contribution in [1.82, 2.24) is 14.8 Å². The highest BCUT2D eigenvalue weighted by Gasteiger charge is 2.12. The minimum absolute atomic E-state index is 0.229. The number of benzene rings is 1. The molecule has 1 aliphatic heterocycles. The molecule has 4 nitrogen and oxygen atoms in total. The largest absolute Gasteiger partial charge is 0.320 e. The van der Waals surface area contributed by atoms with Crippen LogP contribution in [0.3, 0.4) is 0 Å². The van der Waals surface area contributed by atoms with Gasteiger partial charge in [0.05, 0.1) is 0 Å². The van der Waals surface area contributed by atoms with Crippen LogP contribution in [0.25, 0.3) is 12.2 Å². The van der Waals surface area contributed by atoms with Gasteiger partial charge in [-0.15, -0.1) is 0 Å². The van der Waals surface area contributed by atoms with E-state index >= 15 is 0 Å². The zero-order valence-corrected chi connectivity index (χ0v) is 18.8. The number of pyridine rings is 1. The van der Waals surface area contributed by atoms with E-state index < -0.39 is 0 Å². The molecule has 1 saturated heterocycles. The first-order chi connectivity index (χ1) is 14.4. The normalized spacial score (nSPS) is 12.5. The Hall–Kier alpha value is -2.98. The number of hydrogen-bond donors (Lipinski definition) is 0. The van der Waals surface area contributed by atoms with Crippen LogP contribution >= 0.6 is 0 Å². The quantitative estimate of drug-likeness (QED) is 0.648. The van der Waals surface area contributed by atoms with E-state index in [1.165, 1.54) is 12.0 Å². The van der Waals surface area contributed by atoms with Crippen LogP contribution < -0.4 is 0 Å². The van der Waals surface area contributed by atoms with Gasteiger partial charge in [-0.05, 0) is 63.4 Å². The molecule has 0 aliphatic carbocycles. The Morgan fingerprint density at radius 1 is 0.867 bits per heavy atom. The van der Waals surface area contributed by atoms with Crippen molar-refractivity contribution in [1.29, 1.82) is 0 Å². The summed E-state index contributed by atoms with van der Waals surface area (Å²) in [5.41, 5.74) is 2.28. The maximum Gasteiger partial charge on any atom is 0.226 e. The SMILES string of the molecule is C=CN1CCCCCC1=O.C=Cc1ccccc1.C=Cc1ccncc1.CN(C)C. The van der Waals surface area contributed by atoms with Crippen LogP contribution in [0.5, 0.6) is 0 Å². The van der Waals surface area contributed by atoms with E-state index in [4.69, 9.17) is 0 Å². The van der Waals surface area contributed by atoms with Gasteiger partial charge in [-0.1, -0.05) is 68.6 Å². The summed E-state index contributed by atoms with van der Waals surface area (Å²) >= 11 is 0. The summed E-state index contributed by atoms with van der Waals surface area (Å²) < 4.78 is 0. The van der Waals surface area contributed by atoms with Crippen LogP contribution in [0.15, 0.2) is 80.8 Å². The molecule has 1 aromatic heterocycles. The second-order valence-corrected chi connectivity index (χ2v) is 7.02. The highest BCUT2D eigenvalue weighted by Crippen LogP contribution is 2.10. The summed E-state index contributed by atoms with van der Waals surface area (Å²) in [5.74, 6) is 0.229. The van der Waals surface area contributed by atoms with Gasteiger partial charge in [0.25, 0.3) is 0 Å². The summed E-state index contributed by atoms with van der Waals surface area (Å²) in [6.07, 6.45) is 12.8. The third-order valence-electron chi connectivity index (χ3n) is 3.81. The number of carbonyl (C=O) groups excluding carboxylic acids is 1. The molecule has 162 valence electrons. The molecular formula is C26H37N3O. The van der Waals surface area contributed by atoms with Gasteiger partial charge < -0.3 is 9.80 Å². The minimum Gasteiger partial charge on any atom is -0.320 e. The predicted octanol–water partition coefficient (Wildman–Crippen LogP) is 5.76. The molecule has 1 aromatic carbocycles. The van der Waals surface area contributed by atoms with Crippen LogP contribution in [0.4, 0.5) is 0 Å². The Bertz CT molecular complexity index is 665. The minimum atomic E-state index is 0.229. The van der Waals surface area contributed by atoms with E-state index in [2.05, 4.69) is 24.7 Å². The first kappa shape index (κ1) is 27.0. The maximum atomic E-state index is 11.1. The summed E-state index contributed by atoms with van der Waals surface area (Å²) in [7, 11) is 6.00. The van der Waals surface area contributed by atoms with Gasteiger partial charge >= 0.3 is 0 Å². The molecular weight excluding hydrogens is 370 g/mol. The summed E-state index contributed by atoms with van der Waals surface area (Å²) in [6.45, 7) is 11.7. The molecule has 0 N–H and O–H groups in total. The zero-order chi connectivity index (χ0) is 22.6. The van der Waals surface area contributed by atoms with Crippen molar-refractivity contribution in [3.05, 3.63) is 91.9 Å². The number of amides is 1. The van der Waals surface area contributed by atoms with Crippen LogP contribution in [0.2, 0.25) is 0 Å². The van der Waals surface area contributed by atoms with Crippen molar-refractivity contribution in [2.75, 3.05) is 27.7 Å². The van der Waals surface area contributed by atoms with E-state index in [0.717, 1.165) is 24.9 Å². The number of carbonyl (C=O) groups is 1. The van der Waals surface area contributed by atoms with Crippen LogP contribution in [-0.2, 0) is 4.79 Å². The zero-order valence-electron chi connectivity index (χ0n) is 18.8. The molecule has 1 aliphatic rings. The van der Waals surface area contributed by atoms with Crippen molar-refractivity contribution in [2.45, 2.75) is 25.7 Å². The average molecular weight is 408 g/mol. The summed E-state index contributed by atoms with van der Waals surface area (Å²) in [4.78, 5) is 18.7. The van der Waals surface area contributed by atoms with Gasteiger partial charge in [0.1, 0.15) is 0 Å². The first-order valence-corrected chi connectivity index (χ1v) is 10.2. The average Bonchev–Trinajstić information content (AvgIpc) is 2.99. The molecule has 2 heterocycles. The Morgan fingerprint density at radius 2 is 1.40 bits per heavy atom. The molecule has 0 spiro atoms. The van der Waals surface area contributed by atoms with E-state index in [0.29, 0.717) is 6.42 Å². The maximum absolute atomic E-state index is 11.1. The molecule has 0 bridgehead atoms. The van der Waals surface area contributed by atoms with Crippen molar-refractivity contribution < 1.29 is 4.79 Å². The topological polar surface area (TPSA) is 36.4 Å². The summed E-state index contributed by atoms with van der Waals surface area (Å²) in [5, 5.41) is 0. The highest BCUT2D eigenvalue weighted by atomic mass is 16.2. The van der Waals surface area contributed by atoms with Gasteiger partial charge in [0.2, 0.25) is 5.91 Å². The number of hydrogen-bond acceptors (Lipinski definition) is 3. The first-order valence-electron chi connectivity index (χ1n) is 10.2. The van der Waals surface area contributed by atoms with E-state index in [1.807, 2.05) is 74.6 Å². The molecule has 0 atom stereocenters. The van der Waals surface area contributed by atoms with Gasteiger partial charge in [-0.2, -0.15) is 0 Å². The fourth-order valence-corrected chi connectivity index (χ4v) is 2.29. The number of rotatable bonds is 3. The molecule has 0 saturated carbocycles. The summed E-state index contributed by atoms with van der Waals surface area (Å²) in [6, 6.07) is 13.8. The van der Waals surface area contributed by atoms with Crippen molar-refractivity contribution in [3.63, 3.8) is 0 Å². The van der Waals surface area contributed by atoms with Crippen LogP contribution in [-0.4, -0.2) is 48.4 Å². The third-order valence-corrected chi connectivity index (χ3v) is 3.81. The lowest BCUT2D eigenvalue weighted by Gasteiger charge is -2.13. The van der Waals surface area contributed by atoms with E-state index in [9.17, 15) is 4.79 Å². The number of likely N-dealkylation sites (tertiary alicyclic amines) is 1. The van der Waals surface area contributed by atoms with E-state index in [1.54, 1.807) is 29.6 Å². The smallest absolute Gasteiger partial charge is 0.226 e.